The smallest absolute Gasteiger partial charge is 0.253 e. The Bertz CT molecular complexity index is 689. The van der Waals surface area contributed by atoms with Crippen molar-refractivity contribution in [2.24, 2.45) is 5.73 Å². The van der Waals surface area contributed by atoms with Crippen molar-refractivity contribution in [3.8, 4) is 0 Å². The first-order valence-corrected chi connectivity index (χ1v) is 8.19. The fraction of sp³-hybridized carbons (Fsp3) is 0.263. The number of nitrogens with one attached hydrogen (secondary N) is 2. The van der Waals surface area contributed by atoms with Crippen LogP contribution >= 0.6 is 0 Å². The minimum Gasteiger partial charge on any atom is -0.376 e. The molecular formula is C19H23N3O3. The molecule has 0 aliphatic rings. The van der Waals surface area contributed by atoms with Crippen LogP contribution in [0.3, 0.4) is 0 Å². The summed E-state index contributed by atoms with van der Waals surface area (Å²) in [6.45, 7) is 1.52. The minimum absolute atomic E-state index is 0.202. The number of rotatable bonds is 9. The maximum Gasteiger partial charge on any atom is 0.253 e. The zero-order chi connectivity index (χ0) is 17.9. The van der Waals surface area contributed by atoms with Crippen molar-refractivity contribution in [1.82, 2.24) is 5.32 Å². The van der Waals surface area contributed by atoms with Crippen LogP contribution in [0, 0.1) is 0 Å². The van der Waals surface area contributed by atoms with Gasteiger partial charge in [0.2, 0.25) is 5.91 Å². The first-order valence-electron chi connectivity index (χ1n) is 8.19. The summed E-state index contributed by atoms with van der Waals surface area (Å²) in [6, 6.07) is 16.6. The highest BCUT2D eigenvalue weighted by atomic mass is 16.5. The predicted molar refractivity (Wildman–Crippen MR) is 97.2 cm³/mol. The van der Waals surface area contributed by atoms with Gasteiger partial charge in [-0.1, -0.05) is 42.5 Å². The third kappa shape index (κ3) is 6.37. The van der Waals surface area contributed by atoms with Crippen LogP contribution in [-0.4, -0.2) is 31.5 Å². The van der Waals surface area contributed by atoms with Gasteiger partial charge in [0.15, 0.2) is 0 Å². The van der Waals surface area contributed by atoms with E-state index >= 15 is 0 Å². The number of hydrogen-bond acceptors (Lipinski definition) is 4. The highest BCUT2D eigenvalue weighted by Gasteiger charge is 2.12. The Morgan fingerprint density at radius 3 is 2.48 bits per heavy atom. The molecule has 2 aromatic carbocycles. The lowest BCUT2D eigenvalue weighted by atomic mass is 10.1. The summed E-state index contributed by atoms with van der Waals surface area (Å²) >= 11 is 0. The fourth-order valence-corrected chi connectivity index (χ4v) is 2.21. The molecule has 0 bridgehead atoms. The molecule has 0 heterocycles. The third-order valence-corrected chi connectivity index (χ3v) is 3.46. The molecule has 2 aromatic rings. The summed E-state index contributed by atoms with van der Waals surface area (Å²) in [5.74, 6) is -0.464. The van der Waals surface area contributed by atoms with Crippen LogP contribution in [0.15, 0.2) is 54.6 Å². The number of nitrogens with two attached hydrogens (primary N) is 1. The molecule has 25 heavy (non-hydrogen) atoms. The Balaban J connectivity index is 1.81. The lowest BCUT2D eigenvalue weighted by Crippen LogP contribution is -2.30. The Morgan fingerprint density at radius 2 is 1.72 bits per heavy atom. The van der Waals surface area contributed by atoms with E-state index < -0.39 is 0 Å². The molecule has 0 radical (unpaired) electrons. The lowest BCUT2D eigenvalue weighted by Gasteiger charge is -2.11. The van der Waals surface area contributed by atoms with Crippen LogP contribution in [-0.2, 0) is 16.1 Å². The van der Waals surface area contributed by atoms with Crippen LogP contribution in [0.25, 0.3) is 0 Å². The van der Waals surface area contributed by atoms with Crippen molar-refractivity contribution in [2.45, 2.75) is 13.0 Å². The van der Waals surface area contributed by atoms with Crippen LogP contribution in [0.2, 0.25) is 0 Å². The second-order valence-corrected chi connectivity index (χ2v) is 5.43. The van der Waals surface area contributed by atoms with E-state index in [-0.39, 0.29) is 18.2 Å². The first kappa shape index (κ1) is 18.6. The Labute approximate surface area is 147 Å². The maximum absolute atomic E-state index is 12.1. The van der Waals surface area contributed by atoms with E-state index in [1.807, 2.05) is 30.3 Å². The van der Waals surface area contributed by atoms with Gasteiger partial charge in [0.25, 0.3) is 5.91 Å². The number of carbonyl (C=O) groups is 2. The van der Waals surface area contributed by atoms with Gasteiger partial charge in [0, 0.05) is 13.1 Å². The summed E-state index contributed by atoms with van der Waals surface area (Å²) in [5, 5.41) is 5.45. The monoisotopic (exact) mass is 341 g/mol. The van der Waals surface area contributed by atoms with Gasteiger partial charge in [0.05, 0.1) is 30.9 Å². The van der Waals surface area contributed by atoms with Crippen LogP contribution in [0.5, 0.6) is 0 Å². The van der Waals surface area contributed by atoms with Gasteiger partial charge in [-0.3, -0.25) is 9.59 Å². The van der Waals surface area contributed by atoms with E-state index in [9.17, 15) is 9.59 Å². The molecule has 0 unspecified atom stereocenters. The van der Waals surface area contributed by atoms with Crippen LogP contribution < -0.4 is 16.4 Å². The van der Waals surface area contributed by atoms with Crippen molar-refractivity contribution >= 4 is 17.5 Å². The molecule has 0 atom stereocenters. The van der Waals surface area contributed by atoms with Gasteiger partial charge in [0.1, 0.15) is 0 Å². The molecule has 2 rings (SSSR count). The summed E-state index contributed by atoms with van der Waals surface area (Å²) in [6.07, 6.45) is 0.214. The molecule has 0 fully saturated rings. The van der Waals surface area contributed by atoms with E-state index in [1.165, 1.54) is 0 Å². The second-order valence-electron chi connectivity index (χ2n) is 5.43. The molecule has 6 heteroatoms. The normalized spacial score (nSPS) is 10.3. The van der Waals surface area contributed by atoms with E-state index in [0.717, 1.165) is 5.56 Å². The molecule has 4 N–H and O–H groups in total. The van der Waals surface area contributed by atoms with Crippen molar-refractivity contribution in [2.75, 3.05) is 25.0 Å². The summed E-state index contributed by atoms with van der Waals surface area (Å²) in [4.78, 5) is 24.2. The summed E-state index contributed by atoms with van der Waals surface area (Å²) < 4.78 is 5.50. The highest BCUT2D eigenvalue weighted by molar-refractivity contribution is 6.03. The van der Waals surface area contributed by atoms with Gasteiger partial charge in [-0.15, -0.1) is 0 Å². The molecular weight excluding hydrogens is 318 g/mol. The molecule has 0 saturated carbocycles. The molecule has 2 amide bonds. The number of benzene rings is 2. The van der Waals surface area contributed by atoms with Gasteiger partial charge in [-0.25, -0.2) is 0 Å². The maximum atomic E-state index is 12.1. The van der Waals surface area contributed by atoms with E-state index in [2.05, 4.69) is 10.6 Å². The van der Waals surface area contributed by atoms with Gasteiger partial charge >= 0.3 is 0 Å². The SMILES string of the molecule is NCCNC(=O)c1ccccc1NC(=O)CCOCc1ccccc1. The standard InChI is InChI=1S/C19H23N3O3/c20-11-12-21-19(24)16-8-4-5-9-17(16)22-18(23)10-13-25-14-15-6-2-1-3-7-15/h1-9H,10-14,20H2,(H,21,24)(H,22,23). The van der Waals surface area contributed by atoms with Gasteiger partial charge in [-0.2, -0.15) is 0 Å². The van der Waals surface area contributed by atoms with E-state index in [0.29, 0.717) is 37.6 Å². The van der Waals surface area contributed by atoms with Crippen LogP contribution in [0.4, 0.5) is 5.69 Å². The number of carbonyl (C=O) groups excluding carboxylic acids is 2. The molecule has 132 valence electrons. The van der Waals surface area contributed by atoms with Gasteiger partial charge in [-0.05, 0) is 17.7 Å². The van der Waals surface area contributed by atoms with Crippen molar-refractivity contribution in [1.29, 1.82) is 0 Å². The average molecular weight is 341 g/mol. The van der Waals surface area contributed by atoms with Crippen molar-refractivity contribution in [3.63, 3.8) is 0 Å². The Hall–Kier alpha value is -2.70. The van der Waals surface area contributed by atoms with Crippen molar-refractivity contribution in [3.05, 3.63) is 65.7 Å². The molecule has 0 aliphatic heterocycles. The molecule has 6 nitrogen and oxygen atoms in total. The van der Waals surface area contributed by atoms with Crippen LogP contribution in [0.1, 0.15) is 22.3 Å². The number of anilines is 1. The molecule has 0 spiro atoms. The topological polar surface area (TPSA) is 93.5 Å². The average Bonchev–Trinajstić information content (AvgIpc) is 2.64. The second kappa shape index (κ2) is 10.2. The third-order valence-electron chi connectivity index (χ3n) is 3.46. The quantitative estimate of drug-likeness (QED) is 0.608. The first-order chi connectivity index (χ1) is 12.2. The molecule has 0 aliphatic carbocycles. The summed E-state index contributed by atoms with van der Waals surface area (Å²) in [5.41, 5.74) is 7.33. The number of hydrogen-bond donors (Lipinski definition) is 3. The number of para-hydroxylation sites is 1. The Morgan fingerprint density at radius 1 is 1.00 bits per heavy atom. The predicted octanol–water partition coefficient (Wildman–Crippen LogP) is 1.92. The van der Waals surface area contributed by atoms with Crippen molar-refractivity contribution < 1.29 is 14.3 Å². The largest absolute Gasteiger partial charge is 0.376 e. The number of ether oxygens (including phenoxy) is 1. The minimum atomic E-state index is -0.262. The highest BCUT2D eigenvalue weighted by Crippen LogP contribution is 2.15. The lowest BCUT2D eigenvalue weighted by molar-refractivity contribution is -0.117. The molecule has 0 aromatic heterocycles. The number of amides is 2. The molecule has 0 saturated heterocycles. The Kier molecular flexibility index (Phi) is 7.62. The van der Waals surface area contributed by atoms with E-state index in [1.54, 1.807) is 24.3 Å². The van der Waals surface area contributed by atoms with Gasteiger partial charge < -0.3 is 21.1 Å². The summed E-state index contributed by atoms with van der Waals surface area (Å²) in [7, 11) is 0. The zero-order valence-corrected chi connectivity index (χ0v) is 14.0. The van der Waals surface area contributed by atoms with E-state index in [4.69, 9.17) is 10.5 Å². The fourth-order valence-electron chi connectivity index (χ4n) is 2.21. The zero-order valence-electron chi connectivity index (χ0n) is 14.0.